The van der Waals surface area contributed by atoms with E-state index in [1.54, 1.807) is 18.2 Å². The lowest BCUT2D eigenvalue weighted by molar-refractivity contribution is -0.146. The molecule has 4 rings (SSSR count). The highest BCUT2D eigenvalue weighted by Gasteiger charge is 2.34. The summed E-state index contributed by atoms with van der Waals surface area (Å²) in [5.74, 6) is -0.817. The first-order valence-corrected chi connectivity index (χ1v) is 12.7. The SMILES string of the molecule is COc1ccc2ncc(F)c(C(=O)CC[C@H]3CCN(CCSC4CCC4)C[C@H]3C(=O)O)c2c1. The van der Waals surface area contributed by atoms with Crippen LogP contribution >= 0.6 is 11.8 Å². The molecule has 1 saturated carbocycles. The van der Waals surface area contributed by atoms with Crippen LogP contribution in [0, 0.1) is 17.7 Å². The second-order valence-electron chi connectivity index (χ2n) is 9.04. The van der Waals surface area contributed by atoms with Crippen molar-refractivity contribution < 1.29 is 23.8 Å². The summed E-state index contributed by atoms with van der Waals surface area (Å²) >= 11 is 2.00. The van der Waals surface area contributed by atoms with Gasteiger partial charge in [-0.3, -0.25) is 14.6 Å². The van der Waals surface area contributed by atoms with Crippen LogP contribution in [0.15, 0.2) is 24.4 Å². The molecule has 1 aliphatic carbocycles. The molecule has 0 unspecified atom stereocenters. The van der Waals surface area contributed by atoms with E-state index < -0.39 is 17.7 Å². The van der Waals surface area contributed by atoms with Gasteiger partial charge in [-0.25, -0.2) is 4.39 Å². The van der Waals surface area contributed by atoms with E-state index in [1.165, 1.54) is 26.4 Å². The molecule has 0 amide bonds. The number of aromatic nitrogens is 1. The highest BCUT2D eigenvalue weighted by Crippen LogP contribution is 2.33. The van der Waals surface area contributed by atoms with Crippen LogP contribution in [0.2, 0.25) is 0 Å². The van der Waals surface area contributed by atoms with Gasteiger partial charge >= 0.3 is 5.97 Å². The Bertz CT molecular complexity index is 1010. The number of methoxy groups -OCH3 is 1. The molecular formula is C25H31FN2O4S. The van der Waals surface area contributed by atoms with E-state index in [1.807, 2.05) is 11.8 Å². The number of thioether (sulfide) groups is 1. The van der Waals surface area contributed by atoms with E-state index in [2.05, 4.69) is 9.88 Å². The first-order chi connectivity index (χ1) is 16.0. The number of halogens is 1. The smallest absolute Gasteiger partial charge is 0.308 e. The standard InChI is InChI=1S/C25H31FN2O4S/c1-32-17-6-7-22-19(13-17)24(21(26)14-27-22)23(29)8-5-16-9-10-28(15-20(16)25(30)31)11-12-33-18-3-2-4-18/h6-7,13-14,16,18,20H,2-5,8-12,15H2,1H3,(H,30,31)/t16-,20+/m0/s1. The fourth-order valence-corrected chi connectivity index (χ4v) is 6.15. The molecule has 2 atom stereocenters. The predicted octanol–water partition coefficient (Wildman–Crippen LogP) is 4.65. The molecule has 2 aromatic rings. The number of ketones is 1. The lowest BCUT2D eigenvalue weighted by Crippen LogP contribution is -2.44. The Hall–Kier alpha value is -2.19. The molecule has 1 aromatic heterocycles. The van der Waals surface area contributed by atoms with E-state index in [0.717, 1.165) is 36.7 Å². The summed E-state index contributed by atoms with van der Waals surface area (Å²) in [5.41, 5.74) is 0.535. The number of carbonyl (C=O) groups excluding carboxylic acids is 1. The van der Waals surface area contributed by atoms with Gasteiger partial charge in [-0.2, -0.15) is 11.8 Å². The van der Waals surface area contributed by atoms with Crippen molar-refractivity contribution in [1.82, 2.24) is 9.88 Å². The van der Waals surface area contributed by atoms with Crippen LogP contribution in [0.5, 0.6) is 5.75 Å². The van der Waals surface area contributed by atoms with E-state index in [0.29, 0.717) is 29.6 Å². The van der Waals surface area contributed by atoms with E-state index in [4.69, 9.17) is 4.74 Å². The summed E-state index contributed by atoms with van der Waals surface area (Å²) in [5, 5.41) is 11.0. The number of carboxylic acids is 1. The Morgan fingerprint density at radius 3 is 2.82 bits per heavy atom. The third-order valence-corrected chi connectivity index (χ3v) is 8.38. The molecule has 0 spiro atoms. The molecule has 0 bridgehead atoms. The number of piperidine rings is 1. The number of Topliss-reactive ketones (excluding diaryl/α,β-unsaturated/α-hetero) is 1. The molecule has 0 radical (unpaired) electrons. The number of benzene rings is 1. The minimum Gasteiger partial charge on any atom is -0.497 e. The number of likely N-dealkylation sites (tertiary alicyclic amines) is 1. The molecule has 178 valence electrons. The zero-order chi connectivity index (χ0) is 23.4. The van der Waals surface area contributed by atoms with Crippen molar-refractivity contribution >= 4 is 34.4 Å². The van der Waals surface area contributed by atoms with Crippen molar-refractivity contribution in [2.75, 3.05) is 32.5 Å². The van der Waals surface area contributed by atoms with Gasteiger partial charge in [0.25, 0.3) is 0 Å². The molecule has 8 heteroatoms. The molecule has 2 heterocycles. The lowest BCUT2D eigenvalue weighted by Gasteiger charge is -2.37. The maximum atomic E-state index is 14.6. The van der Waals surface area contributed by atoms with Crippen LogP contribution in [-0.2, 0) is 4.79 Å². The average Bonchev–Trinajstić information content (AvgIpc) is 2.78. The Balaban J connectivity index is 1.38. The molecular weight excluding hydrogens is 443 g/mol. The number of carboxylic acid groups (broad SMARTS) is 1. The van der Waals surface area contributed by atoms with Crippen molar-refractivity contribution in [1.29, 1.82) is 0 Å². The third kappa shape index (κ3) is 5.66. The number of aliphatic carboxylic acids is 1. The van der Waals surface area contributed by atoms with Gasteiger partial charge in [0.1, 0.15) is 5.75 Å². The lowest BCUT2D eigenvalue weighted by atomic mass is 9.81. The summed E-state index contributed by atoms with van der Waals surface area (Å²) in [6, 6.07) is 5.04. The summed E-state index contributed by atoms with van der Waals surface area (Å²) in [4.78, 5) is 31.3. The Labute approximate surface area is 197 Å². The van der Waals surface area contributed by atoms with Gasteiger partial charge in [0.05, 0.1) is 30.3 Å². The van der Waals surface area contributed by atoms with Crippen LogP contribution in [0.25, 0.3) is 10.9 Å². The zero-order valence-electron chi connectivity index (χ0n) is 19.0. The number of rotatable bonds is 10. The second-order valence-corrected chi connectivity index (χ2v) is 10.5. The van der Waals surface area contributed by atoms with Gasteiger partial charge in [0, 0.05) is 35.9 Å². The molecule has 1 N–H and O–H groups in total. The highest BCUT2D eigenvalue weighted by atomic mass is 32.2. The molecule has 6 nitrogen and oxygen atoms in total. The number of fused-ring (bicyclic) bond motifs is 1. The van der Waals surface area contributed by atoms with Gasteiger partial charge in [0.15, 0.2) is 11.6 Å². The van der Waals surface area contributed by atoms with Crippen molar-refractivity contribution in [3.63, 3.8) is 0 Å². The number of carbonyl (C=O) groups is 2. The molecule has 2 fully saturated rings. The third-order valence-electron chi connectivity index (χ3n) is 7.02. The van der Waals surface area contributed by atoms with Crippen LogP contribution in [0.4, 0.5) is 4.39 Å². The summed E-state index contributed by atoms with van der Waals surface area (Å²) in [7, 11) is 1.51. The predicted molar refractivity (Wildman–Crippen MR) is 128 cm³/mol. The average molecular weight is 475 g/mol. The van der Waals surface area contributed by atoms with Crippen molar-refractivity contribution in [3.05, 3.63) is 35.8 Å². The first-order valence-electron chi connectivity index (χ1n) is 11.7. The quantitative estimate of drug-likeness (QED) is 0.502. The molecule has 1 saturated heterocycles. The maximum Gasteiger partial charge on any atom is 0.308 e. The van der Waals surface area contributed by atoms with Gasteiger partial charge < -0.3 is 14.7 Å². The van der Waals surface area contributed by atoms with Gasteiger partial charge in [-0.15, -0.1) is 0 Å². The summed E-state index contributed by atoms with van der Waals surface area (Å²) in [6.07, 6.45) is 6.30. The number of nitrogens with zero attached hydrogens (tertiary/aromatic N) is 2. The van der Waals surface area contributed by atoms with Crippen molar-refractivity contribution in [2.24, 2.45) is 11.8 Å². The zero-order valence-corrected chi connectivity index (χ0v) is 19.8. The topological polar surface area (TPSA) is 79.7 Å². The largest absolute Gasteiger partial charge is 0.497 e. The normalized spacial score (nSPS) is 21.6. The number of hydrogen-bond donors (Lipinski definition) is 1. The molecule has 1 aliphatic heterocycles. The monoisotopic (exact) mass is 474 g/mol. The van der Waals surface area contributed by atoms with Gasteiger partial charge in [0.2, 0.25) is 0 Å². The fraction of sp³-hybridized carbons (Fsp3) is 0.560. The summed E-state index contributed by atoms with van der Waals surface area (Å²) < 4.78 is 19.8. The second kappa shape index (κ2) is 10.8. The number of hydrogen-bond acceptors (Lipinski definition) is 6. The minimum absolute atomic E-state index is 0.0104. The summed E-state index contributed by atoms with van der Waals surface area (Å²) in [6.45, 7) is 2.27. The molecule has 2 aliphatic rings. The Kier molecular flexibility index (Phi) is 7.86. The Morgan fingerprint density at radius 1 is 1.30 bits per heavy atom. The first kappa shape index (κ1) is 24.0. The maximum absolute atomic E-state index is 14.6. The highest BCUT2D eigenvalue weighted by molar-refractivity contribution is 7.99. The van der Waals surface area contributed by atoms with E-state index in [9.17, 15) is 19.1 Å². The van der Waals surface area contributed by atoms with E-state index in [-0.39, 0.29) is 23.7 Å². The van der Waals surface area contributed by atoms with Crippen LogP contribution in [0.3, 0.4) is 0 Å². The minimum atomic E-state index is -0.811. The van der Waals surface area contributed by atoms with Crippen LogP contribution in [-0.4, -0.2) is 64.5 Å². The molecule has 33 heavy (non-hydrogen) atoms. The van der Waals surface area contributed by atoms with E-state index >= 15 is 0 Å². The Morgan fingerprint density at radius 2 is 2.12 bits per heavy atom. The van der Waals surface area contributed by atoms with Gasteiger partial charge in [-0.1, -0.05) is 6.42 Å². The number of pyridine rings is 1. The van der Waals surface area contributed by atoms with Crippen molar-refractivity contribution in [3.8, 4) is 5.75 Å². The fourth-order valence-electron chi connectivity index (χ4n) is 4.78. The van der Waals surface area contributed by atoms with Crippen LogP contribution < -0.4 is 4.74 Å². The van der Waals surface area contributed by atoms with Crippen LogP contribution in [0.1, 0.15) is 48.9 Å². The molecule has 1 aromatic carbocycles. The number of ether oxygens (including phenoxy) is 1. The van der Waals surface area contributed by atoms with Gasteiger partial charge in [-0.05, 0) is 56.3 Å². The van der Waals surface area contributed by atoms with Crippen molar-refractivity contribution in [2.45, 2.75) is 43.8 Å².